The monoisotopic (exact) mass is 433 g/mol. The number of carbonyl (C=O) groups is 2. The zero-order valence-corrected chi connectivity index (χ0v) is 18.3. The maximum Gasteiger partial charge on any atom is 0.260 e. The molecule has 0 saturated carbocycles. The molecule has 1 unspecified atom stereocenters. The Hall–Kier alpha value is -3.61. The molecule has 1 atom stereocenters. The lowest BCUT2D eigenvalue weighted by atomic mass is 9.99. The van der Waals surface area contributed by atoms with E-state index in [1.54, 1.807) is 18.0 Å². The van der Waals surface area contributed by atoms with Crippen molar-refractivity contribution in [3.8, 4) is 11.5 Å². The molecule has 0 aliphatic carbocycles. The molecule has 1 N–H and O–H groups in total. The molecule has 1 aliphatic heterocycles. The quantitative estimate of drug-likeness (QED) is 0.618. The lowest BCUT2D eigenvalue weighted by Gasteiger charge is -2.17. The van der Waals surface area contributed by atoms with Gasteiger partial charge in [0.05, 0.1) is 17.7 Å². The summed E-state index contributed by atoms with van der Waals surface area (Å²) in [5.74, 6) is 1.19. The van der Waals surface area contributed by atoms with Crippen LogP contribution >= 0.6 is 0 Å². The third-order valence-corrected chi connectivity index (χ3v) is 5.65. The fourth-order valence-corrected chi connectivity index (χ4v) is 4.01. The maximum absolute atomic E-state index is 12.7. The molecule has 4 rings (SSSR count). The van der Waals surface area contributed by atoms with Crippen LogP contribution in [0, 0.1) is 0 Å². The second-order valence-corrected chi connectivity index (χ2v) is 7.71. The molecule has 1 fully saturated rings. The lowest BCUT2D eigenvalue weighted by molar-refractivity contribution is -0.132. The standard InChI is InChI=1S/C25H27N3O4/c1-3-31-18-7-6-8-19(13-18)32-16-24(29)28-12-11-17(15-28)23-14-21(25(30)26-2)20-9-4-5-10-22(20)27-23/h4-10,13-14,17H,3,11-12,15-16H2,1-2H3,(H,26,30). The van der Waals surface area contributed by atoms with E-state index in [0.29, 0.717) is 36.8 Å². The van der Waals surface area contributed by atoms with Gasteiger partial charge < -0.3 is 19.7 Å². The predicted molar refractivity (Wildman–Crippen MR) is 122 cm³/mol. The summed E-state index contributed by atoms with van der Waals surface area (Å²) < 4.78 is 11.2. The number of para-hydroxylation sites is 1. The summed E-state index contributed by atoms with van der Waals surface area (Å²) in [6.07, 6.45) is 0.796. The second kappa shape index (κ2) is 9.68. The first-order valence-corrected chi connectivity index (χ1v) is 10.8. The Bertz CT molecular complexity index is 1130. The molecule has 2 amide bonds. The molecule has 0 radical (unpaired) electrons. The van der Waals surface area contributed by atoms with Gasteiger partial charge in [-0.25, -0.2) is 0 Å². The van der Waals surface area contributed by atoms with Gasteiger partial charge in [0.1, 0.15) is 11.5 Å². The topological polar surface area (TPSA) is 80.8 Å². The van der Waals surface area contributed by atoms with Crippen LogP contribution in [0.1, 0.15) is 35.3 Å². The normalized spacial score (nSPS) is 15.6. The molecule has 32 heavy (non-hydrogen) atoms. The summed E-state index contributed by atoms with van der Waals surface area (Å²) in [5, 5.41) is 3.53. The van der Waals surface area contributed by atoms with Crippen LogP contribution in [0.4, 0.5) is 0 Å². The van der Waals surface area contributed by atoms with Crippen LogP contribution in [0.3, 0.4) is 0 Å². The van der Waals surface area contributed by atoms with Crippen molar-refractivity contribution in [2.24, 2.45) is 0 Å². The van der Waals surface area contributed by atoms with Crippen molar-refractivity contribution in [1.82, 2.24) is 15.2 Å². The van der Waals surface area contributed by atoms with E-state index in [9.17, 15) is 9.59 Å². The minimum Gasteiger partial charge on any atom is -0.494 e. The molecule has 1 aliphatic rings. The molecule has 1 saturated heterocycles. The van der Waals surface area contributed by atoms with Crippen LogP contribution in [0.2, 0.25) is 0 Å². The van der Waals surface area contributed by atoms with E-state index in [0.717, 1.165) is 23.0 Å². The highest BCUT2D eigenvalue weighted by atomic mass is 16.5. The fourth-order valence-electron chi connectivity index (χ4n) is 4.01. The van der Waals surface area contributed by atoms with Crippen LogP contribution < -0.4 is 14.8 Å². The summed E-state index contributed by atoms with van der Waals surface area (Å²) in [5.41, 5.74) is 2.23. The first-order valence-electron chi connectivity index (χ1n) is 10.8. The van der Waals surface area contributed by atoms with Crippen molar-refractivity contribution in [3.05, 3.63) is 65.9 Å². The van der Waals surface area contributed by atoms with E-state index in [-0.39, 0.29) is 24.3 Å². The summed E-state index contributed by atoms with van der Waals surface area (Å²) in [6, 6.07) is 16.8. The van der Waals surface area contributed by atoms with Gasteiger partial charge in [-0.3, -0.25) is 14.6 Å². The number of aromatic nitrogens is 1. The van der Waals surface area contributed by atoms with Crippen LogP contribution in [0.5, 0.6) is 11.5 Å². The van der Waals surface area contributed by atoms with Gasteiger partial charge in [0.25, 0.3) is 11.8 Å². The molecule has 166 valence electrons. The van der Waals surface area contributed by atoms with E-state index < -0.39 is 0 Å². The number of nitrogens with one attached hydrogen (secondary N) is 1. The fraction of sp³-hybridized carbons (Fsp3) is 0.320. The van der Waals surface area contributed by atoms with E-state index >= 15 is 0 Å². The predicted octanol–water partition coefficient (Wildman–Crippen LogP) is 3.39. The SMILES string of the molecule is CCOc1cccc(OCC(=O)N2CCC(c3cc(C(=O)NC)c4ccccc4n3)C2)c1. The molecule has 3 aromatic rings. The number of hydrogen-bond acceptors (Lipinski definition) is 5. The van der Waals surface area contributed by atoms with Crippen LogP contribution in [-0.2, 0) is 4.79 Å². The van der Waals surface area contributed by atoms with Gasteiger partial charge in [-0.1, -0.05) is 24.3 Å². The number of ether oxygens (including phenoxy) is 2. The van der Waals surface area contributed by atoms with Gasteiger partial charge in [0.15, 0.2) is 6.61 Å². The van der Waals surface area contributed by atoms with Gasteiger partial charge in [-0.15, -0.1) is 0 Å². The zero-order valence-electron chi connectivity index (χ0n) is 18.3. The van der Waals surface area contributed by atoms with E-state index in [2.05, 4.69) is 5.32 Å². The van der Waals surface area contributed by atoms with Crippen LogP contribution in [0.25, 0.3) is 10.9 Å². The van der Waals surface area contributed by atoms with Crippen LogP contribution in [0.15, 0.2) is 54.6 Å². The molecule has 1 aromatic heterocycles. The molecule has 0 bridgehead atoms. The minimum atomic E-state index is -0.140. The molecule has 2 heterocycles. The highest BCUT2D eigenvalue weighted by Gasteiger charge is 2.29. The highest BCUT2D eigenvalue weighted by molar-refractivity contribution is 6.06. The first-order chi connectivity index (χ1) is 15.6. The molecule has 2 aromatic carbocycles. The Labute approximate surface area is 187 Å². The van der Waals surface area contributed by atoms with Gasteiger partial charge in [-0.05, 0) is 37.6 Å². The van der Waals surface area contributed by atoms with Gasteiger partial charge in [0, 0.05) is 43.2 Å². The van der Waals surface area contributed by atoms with Crippen molar-refractivity contribution in [1.29, 1.82) is 0 Å². The molecule has 7 nitrogen and oxygen atoms in total. The van der Waals surface area contributed by atoms with Crippen molar-refractivity contribution in [2.45, 2.75) is 19.3 Å². The van der Waals surface area contributed by atoms with Gasteiger partial charge in [-0.2, -0.15) is 0 Å². The number of carbonyl (C=O) groups excluding carboxylic acids is 2. The summed E-state index contributed by atoms with van der Waals surface area (Å²) in [4.78, 5) is 31.7. The van der Waals surface area contributed by atoms with Gasteiger partial charge >= 0.3 is 0 Å². The maximum atomic E-state index is 12.7. The average molecular weight is 434 g/mol. The Morgan fingerprint density at radius 3 is 2.66 bits per heavy atom. The number of nitrogens with zero attached hydrogens (tertiary/aromatic N) is 2. The Kier molecular flexibility index (Phi) is 6.54. The number of fused-ring (bicyclic) bond motifs is 1. The first kappa shape index (κ1) is 21.6. The Balaban J connectivity index is 1.44. The number of rotatable bonds is 7. The lowest BCUT2D eigenvalue weighted by Crippen LogP contribution is -2.33. The minimum absolute atomic E-state index is 0.0308. The van der Waals surface area contributed by atoms with E-state index in [1.807, 2.05) is 55.5 Å². The van der Waals surface area contributed by atoms with Crippen molar-refractivity contribution in [2.75, 3.05) is 33.4 Å². The third-order valence-electron chi connectivity index (χ3n) is 5.65. The number of pyridine rings is 1. The molecular weight excluding hydrogens is 406 g/mol. The number of hydrogen-bond donors (Lipinski definition) is 1. The molecular formula is C25H27N3O4. The van der Waals surface area contributed by atoms with E-state index in [1.165, 1.54) is 0 Å². The second-order valence-electron chi connectivity index (χ2n) is 7.71. The number of likely N-dealkylation sites (tertiary alicyclic amines) is 1. The van der Waals surface area contributed by atoms with Crippen molar-refractivity contribution in [3.63, 3.8) is 0 Å². The largest absolute Gasteiger partial charge is 0.494 e. The van der Waals surface area contributed by atoms with Crippen molar-refractivity contribution >= 4 is 22.7 Å². The highest BCUT2D eigenvalue weighted by Crippen LogP contribution is 2.29. The average Bonchev–Trinajstić information content (AvgIpc) is 3.32. The smallest absolute Gasteiger partial charge is 0.260 e. The Morgan fingerprint density at radius 1 is 1.09 bits per heavy atom. The molecule has 7 heteroatoms. The Morgan fingerprint density at radius 2 is 1.88 bits per heavy atom. The number of amides is 2. The van der Waals surface area contributed by atoms with Crippen LogP contribution in [-0.4, -0.2) is 55.0 Å². The molecule has 0 spiro atoms. The van der Waals surface area contributed by atoms with E-state index in [4.69, 9.17) is 14.5 Å². The third kappa shape index (κ3) is 4.66. The number of benzene rings is 2. The summed E-state index contributed by atoms with van der Waals surface area (Å²) in [7, 11) is 1.62. The summed E-state index contributed by atoms with van der Waals surface area (Å²) in [6.45, 7) is 3.65. The van der Waals surface area contributed by atoms with Gasteiger partial charge in [0.2, 0.25) is 0 Å². The summed E-state index contributed by atoms with van der Waals surface area (Å²) >= 11 is 0. The zero-order chi connectivity index (χ0) is 22.5. The van der Waals surface area contributed by atoms with Crippen molar-refractivity contribution < 1.29 is 19.1 Å².